The fourth-order valence-electron chi connectivity index (χ4n) is 4.82. The van der Waals surface area contributed by atoms with E-state index >= 15 is 0 Å². The van der Waals surface area contributed by atoms with Gasteiger partial charge in [0.2, 0.25) is 21.8 Å². The van der Waals surface area contributed by atoms with Crippen LogP contribution < -0.4 is 10.6 Å². The van der Waals surface area contributed by atoms with Crippen molar-refractivity contribution in [2.45, 2.75) is 70.4 Å². The minimum absolute atomic E-state index is 0.0516. The Kier molecular flexibility index (Phi) is 6.82. The number of aryl methyl sites for hydroxylation is 3. The molecule has 2 amide bonds. The third kappa shape index (κ3) is 5.03. The minimum Gasteiger partial charge on any atom is -0.348 e. The lowest BCUT2D eigenvalue weighted by Gasteiger charge is -2.26. The molecule has 0 bridgehead atoms. The minimum atomic E-state index is -3.80. The third-order valence-corrected chi connectivity index (χ3v) is 8.88. The molecule has 8 heteroatoms. The molecule has 2 atom stereocenters. The van der Waals surface area contributed by atoms with Crippen LogP contribution in [0.15, 0.2) is 41.3 Å². The van der Waals surface area contributed by atoms with Crippen LogP contribution in [-0.2, 0) is 19.6 Å². The van der Waals surface area contributed by atoms with Crippen molar-refractivity contribution in [1.29, 1.82) is 0 Å². The Morgan fingerprint density at radius 1 is 0.971 bits per heavy atom. The second-order valence-corrected chi connectivity index (χ2v) is 11.4. The van der Waals surface area contributed by atoms with E-state index in [-0.39, 0.29) is 23.8 Å². The molecule has 1 aliphatic carbocycles. The Balaban J connectivity index is 1.45. The molecular weight excluding hydrogens is 450 g/mol. The van der Waals surface area contributed by atoms with Crippen LogP contribution in [0.4, 0.5) is 5.69 Å². The van der Waals surface area contributed by atoms with Crippen molar-refractivity contribution in [3.05, 3.63) is 58.7 Å². The number of benzene rings is 2. The standard InChI is InChI=1S/C26H33N3O4S/c1-16-14-17(2)24(18(3)15-16)34(32,33)29-13-5-6-23(29)26(31)27-19(4)20-9-11-22(12-10-20)28-25(30)21-7-8-21/h9-12,14-15,19,21,23H,5-8,13H2,1-4H3,(H,27,31)(H,28,30). The van der Waals surface area contributed by atoms with Crippen molar-refractivity contribution in [2.24, 2.45) is 5.92 Å². The average molecular weight is 484 g/mol. The molecule has 2 fully saturated rings. The topological polar surface area (TPSA) is 95.6 Å². The summed E-state index contributed by atoms with van der Waals surface area (Å²) in [5.41, 5.74) is 4.03. The summed E-state index contributed by atoms with van der Waals surface area (Å²) in [4.78, 5) is 25.4. The fraction of sp³-hybridized carbons (Fsp3) is 0.462. The maximum atomic E-state index is 13.5. The van der Waals surface area contributed by atoms with Crippen molar-refractivity contribution in [3.8, 4) is 0 Å². The molecule has 2 aromatic rings. The lowest BCUT2D eigenvalue weighted by Crippen LogP contribution is -2.46. The number of rotatable bonds is 7. The number of nitrogens with zero attached hydrogens (tertiary/aromatic N) is 1. The molecule has 2 N–H and O–H groups in total. The first-order valence-corrected chi connectivity index (χ1v) is 13.3. The van der Waals surface area contributed by atoms with Gasteiger partial charge in [0, 0.05) is 18.2 Å². The summed E-state index contributed by atoms with van der Waals surface area (Å²) in [7, 11) is -3.80. The smallest absolute Gasteiger partial charge is 0.244 e. The van der Waals surface area contributed by atoms with Crippen LogP contribution in [-0.4, -0.2) is 37.1 Å². The first-order valence-electron chi connectivity index (χ1n) is 11.9. The van der Waals surface area contributed by atoms with E-state index in [1.807, 2.05) is 50.2 Å². The van der Waals surface area contributed by atoms with Gasteiger partial charge in [0.15, 0.2) is 0 Å². The van der Waals surface area contributed by atoms with Gasteiger partial charge in [-0.25, -0.2) is 8.42 Å². The van der Waals surface area contributed by atoms with Gasteiger partial charge in [0.1, 0.15) is 6.04 Å². The summed E-state index contributed by atoms with van der Waals surface area (Å²) in [6, 6.07) is 10.1. The first kappa shape index (κ1) is 24.4. The predicted molar refractivity (Wildman–Crippen MR) is 132 cm³/mol. The Morgan fingerprint density at radius 2 is 1.59 bits per heavy atom. The number of hydrogen-bond donors (Lipinski definition) is 2. The summed E-state index contributed by atoms with van der Waals surface area (Å²) in [5, 5.41) is 5.89. The van der Waals surface area contributed by atoms with E-state index < -0.39 is 16.1 Å². The van der Waals surface area contributed by atoms with Gasteiger partial charge in [-0.3, -0.25) is 9.59 Å². The largest absolute Gasteiger partial charge is 0.348 e. The van der Waals surface area contributed by atoms with E-state index in [9.17, 15) is 18.0 Å². The van der Waals surface area contributed by atoms with Crippen molar-refractivity contribution in [3.63, 3.8) is 0 Å². The molecule has 0 radical (unpaired) electrons. The summed E-state index contributed by atoms with van der Waals surface area (Å²) in [6.45, 7) is 7.75. The maximum Gasteiger partial charge on any atom is 0.244 e. The van der Waals surface area contributed by atoms with E-state index in [0.29, 0.717) is 35.4 Å². The van der Waals surface area contributed by atoms with E-state index in [1.54, 1.807) is 13.8 Å². The zero-order chi connectivity index (χ0) is 24.6. The van der Waals surface area contributed by atoms with Crippen LogP contribution in [0.25, 0.3) is 0 Å². The molecule has 182 valence electrons. The highest BCUT2D eigenvalue weighted by molar-refractivity contribution is 7.89. The van der Waals surface area contributed by atoms with E-state index in [2.05, 4.69) is 10.6 Å². The van der Waals surface area contributed by atoms with Gasteiger partial charge in [-0.05, 0) is 82.2 Å². The van der Waals surface area contributed by atoms with Crippen LogP contribution in [0.5, 0.6) is 0 Å². The molecule has 4 rings (SSSR count). The number of carbonyl (C=O) groups excluding carboxylic acids is 2. The molecule has 1 aliphatic heterocycles. The summed E-state index contributed by atoms with van der Waals surface area (Å²) >= 11 is 0. The monoisotopic (exact) mass is 483 g/mol. The van der Waals surface area contributed by atoms with Gasteiger partial charge < -0.3 is 10.6 Å². The van der Waals surface area contributed by atoms with Gasteiger partial charge >= 0.3 is 0 Å². The third-order valence-electron chi connectivity index (χ3n) is 6.66. The summed E-state index contributed by atoms with van der Waals surface area (Å²) in [5.74, 6) is -0.103. The lowest BCUT2D eigenvalue weighted by atomic mass is 10.1. The molecule has 2 unspecified atom stereocenters. The molecule has 1 saturated carbocycles. The molecule has 1 saturated heterocycles. The number of amides is 2. The Bertz CT molecular complexity index is 1180. The predicted octanol–water partition coefficient (Wildman–Crippen LogP) is 3.99. The lowest BCUT2D eigenvalue weighted by molar-refractivity contribution is -0.124. The molecule has 7 nitrogen and oxygen atoms in total. The van der Waals surface area contributed by atoms with Crippen LogP contribution >= 0.6 is 0 Å². The van der Waals surface area contributed by atoms with Crippen molar-refractivity contribution in [1.82, 2.24) is 9.62 Å². The van der Waals surface area contributed by atoms with Gasteiger partial charge in [0.25, 0.3) is 0 Å². The van der Waals surface area contributed by atoms with Crippen LogP contribution in [0.2, 0.25) is 0 Å². The van der Waals surface area contributed by atoms with Gasteiger partial charge in [-0.2, -0.15) is 4.31 Å². The maximum absolute atomic E-state index is 13.5. The number of carbonyl (C=O) groups is 2. The van der Waals surface area contributed by atoms with Gasteiger partial charge in [0.05, 0.1) is 10.9 Å². The van der Waals surface area contributed by atoms with Gasteiger partial charge in [-0.15, -0.1) is 0 Å². The molecule has 2 aliphatic rings. The van der Waals surface area contributed by atoms with E-state index in [1.165, 1.54) is 4.31 Å². The Hall–Kier alpha value is -2.71. The zero-order valence-electron chi connectivity index (χ0n) is 20.2. The molecular formula is C26H33N3O4S. The molecule has 2 aromatic carbocycles. The normalized spacial score (nSPS) is 19.6. The van der Waals surface area contributed by atoms with Gasteiger partial charge in [-0.1, -0.05) is 29.8 Å². The molecule has 34 heavy (non-hydrogen) atoms. The SMILES string of the molecule is Cc1cc(C)c(S(=O)(=O)N2CCCC2C(=O)NC(C)c2ccc(NC(=O)C3CC3)cc2)c(C)c1. The second-order valence-electron chi connectivity index (χ2n) is 9.62. The number of anilines is 1. The quantitative estimate of drug-likeness (QED) is 0.622. The van der Waals surface area contributed by atoms with Crippen LogP contribution in [0.3, 0.4) is 0 Å². The Labute approximate surface area is 202 Å². The highest BCUT2D eigenvalue weighted by Gasteiger charge is 2.41. The number of sulfonamides is 1. The van der Waals surface area contributed by atoms with Crippen molar-refractivity contribution >= 4 is 27.5 Å². The molecule has 0 spiro atoms. The summed E-state index contributed by atoms with van der Waals surface area (Å²) in [6.07, 6.45) is 3.03. The number of nitrogens with one attached hydrogen (secondary N) is 2. The van der Waals surface area contributed by atoms with Crippen LogP contribution in [0.1, 0.15) is 60.9 Å². The van der Waals surface area contributed by atoms with Crippen LogP contribution in [0, 0.1) is 26.7 Å². The Morgan fingerprint density at radius 3 is 2.18 bits per heavy atom. The fourth-order valence-corrected chi connectivity index (χ4v) is 6.89. The highest BCUT2D eigenvalue weighted by Crippen LogP contribution is 2.32. The van der Waals surface area contributed by atoms with E-state index in [4.69, 9.17) is 0 Å². The molecule has 1 heterocycles. The second kappa shape index (κ2) is 9.50. The molecule has 0 aromatic heterocycles. The van der Waals surface area contributed by atoms with Crippen molar-refractivity contribution < 1.29 is 18.0 Å². The summed E-state index contributed by atoms with van der Waals surface area (Å²) < 4.78 is 28.5. The number of hydrogen-bond acceptors (Lipinski definition) is 4. The van der Waals surface area contributed by atoms with E-state index in [0.717, 1.165) is 29.7 Å². The first-order chi connectivity index (χ1) is 16.1. The zero-order valence-corrected chi connectivity index (χ0v) is 21.0. The van der Waals surface area contributed by atoms with Crippen molar-refractivity contribution in [2.75, 3.05) is 11.9 Å². The highest BCUT2D eigenvalue weighted by atomic mass is 32.2. The average Bonchev–Trinajstić information content (AvgIpc) is 3.48.